The maximum absolute atomic E-state index is 13.0. The molecule has 6 nitrogen and oxygen atoms in total. The van der Waals surface area contributed by atoms with Crippen molar-refractivity contribution < 1.29 is 30.0 Å². The van der Waals surface area contributed by atoms with Crippen LogP contribution in [0.5, 0.6) is 0 Å². The van der Waals surface area contributed by atoms with Crippen molar-refractivity contribution in [1.82, 2.24) is 0 Å². The van der Waals surface area contributed by atoms with Crippen LogP contribution < -0.4 is 0 Å². The third-order valence-electron chi connectivity index (χ3n) is 12.4. The van der Waals surface area contributed by atoms with Crippen LogP contribution in [0.4, 0.5) is 0 Å². The van der Waals surface area contributed by atoms with Crippen LogP contribution >= 0.6 is 0 Å². The Balaban J connectivity index is 1.36. The second kappa shape index (κ2) is 9.25. The number of hydrogen-bond acceptors (Lipinski definition) is 6. The minimum atomic E-state index is -0.863. The molecule has 5 fully saturated rings. The number of aliphatic hydroxyl groups is 4. The van der Waals surface area contributed by atoms with Gasteiger partial charge in [0.05, 0.1) is 36.9 Å². The van der Waals surface area contributed by atoms with Gasteiger partial charge in [0.1, 0.15) is 0 Å². The van der Waals surface area contributed by atoms with Gasteiger partial charge >= 0.3 is 5.97 Å². The van der Waals surface area contributed by atoms with E-state index in [1.807, 2.05) is 0 Å². The molecule has 13 atom stereocenters. The topological polar surface area (TPSA) is 107 Å². The Morgan fingerprint density at radius 2 is 1.54 bits per heavy atom. The fourth-order valence-corrected chi connectivity index (χ4v) is 9.80. The summed E-state index contributed by atoms with van der Waals surface area (Å²) in [5.41, 5.74) is -0.327. The molecule has 0 radical (unpaired) electrons. The highest BCUT2D eigenvalue weighted by Gasteiger charge is 2.63. The van der Waals surface area contributed by atoms with Crippen LogP contribution in [0.2, 0.25) is 0 Å². The second-order valence-corrected chi connectivity index (χ2v) is 13.8. The quantitative estimate of drug-likeness (QED) is 0.438. The zero-order chi connectivity index (χ0) is 25.3. The largest absolute Gasteiger partial charge is 0.465 e. The van der Waals surface area contributed by atoms with Crippen LogP contribution in [0.1, 0.15) is 85.5 Å². The van der Waals surface area contributed by atoms with E-state index in [-0.39, 0.29) is 52.8 Å². The Labute approximate surface area is 210 Å². The van der Waals surface area contributed by atoms with Crippen LogP contribution in [0.25, 0.3) is 0 Å². The van der Waals surface area contributed by atoms with Gasteiger partial charge in [-0.05, 0) is 90.8 Å². The highest BCUT2D eigenvalue weighted by molar-refractivity contribution is 5.74. The summed E-state index contributed by atoms with van der Waals surface area (Å²) in [5, 5.41) is 43.2. The maximum Gasteiger partial charge on any atom is 0.309 e. The van der Waals surface area contributed by atoms with Crippen molar-refractivity contribution in [3.8, 4) is 0 Å². The molecule has 1 heterocycles. The Bertz CT molecular complexity index is 798. The molecule has 0 aromatic heterocycles. The highest BCUT2D eigenvalue weighted by atomic mass is 16.5. The molecular weight excluding hydrogens is 444 g/mol. The minimum Gasteiger partial charge on any atom is -0.465 e. The summed E-state index contributed by atoms with van der Waals surface area (Å²) in [6.45, 7) is 9.18. The smallest absolute Gasteiger partial charge is 0.309 e. The highest BCUT2D eigenvalue weighted by Crippen LogP contribution is 2.66. The third kappa shape index (κ3) is 4.00. The van der Waals surface area contributed by atoms with Crippen molar-refractivity contribution in [3.63, 3.8) is 0 Å². The molecule has 0 bridgehead atoms. The number of carbonyl (C=O) groups is 1. The third-order valence-corrected chi connectivity index (χ3v) is 12.4. The van der Waals surface area contributed by atoms with E-state index in [2.05, 4.69) is 27.7 Å². The van der Waals surface area contributed by atoms with Crippen LogP contribution in [-0.4, -0.2) is 57.4 Å². The summed E-state index contributed by atoms with van der Waals surface area (Å²) < 4.78 is 5.88. The Hall–Kier alpha value is -0.690. The number of carbonyl (C=O) groups excluding carboxylic acids is 1. The summed E-state index contributed by atoms with van der Waals surface area (Å²) >= 11 is 0. The van der Waals surface area contributed by atoms with Gasteiger partial charge in [0, 0.05) is 0 Å². The second-order valence-electron chi connectivity index (χ2n) is 13.8. The predicted molar refractivity (Wildman–Crippen MR) is 132 cm³/mol. The van der Waals surface area contributed by atoms with Gasteiger partial charge in [-0.1, -0.05) is 47.0 Å². The molecule has 4 aliphatic carbocycles. The fourth-order valence-electron chi connectivity index (χ4n) is 9.80. The zero-order valence-corrected chi connectivity index (χ0v) is 22.1. The summed E-state index contributed by atoms with van der Waals surface area (Å²) in [6.07, 6.45) is 5.33. The van der Waals surface area contributed by atoms with E-state index in [4.69, 9.17) is 4.74 Å². The molecule has 5 aliphatic rings. The Kier molecular flexibility index (Phi) is 6.86. The fraction of sp³-hybridized carbons (Fsp3) is 0.966. The lowest BCUT2D eigenvalue weighted by molar-refractivity contribution is -0.162. The molecule has 1 aliphatic heterocycles. The van der Waals surface area contributed by atoms with Crippen LogP contribution in [0.3, 0.4) is 0 Å². The van der Waals surface area contributed by atoms with Gasteiger partial charge in [0.25, 0.3) is 0 Å². The van der Waals surface area contributed by atoms with Crippen LogP contribution in [-0.2, 0) is 9.53 Å². The van der Waals surface area contributed by atoms with Gasteiger partial charge in [0.15, 0.2) is 0 Å². The molecular formula is C29H48O6. The number of ether oxygens (including phenoxy) is 1. The molecule has 0 aromatic carbocycles. The first kappa shape index (κ1) is 25.9. The SMILES string of the molecule is C[C@H]([C@@H](O)[C@H](O)[C@@H](C)C1CCC1)[C@H]1CCC2C3COC(=O)C4C[C@H](O)[C@H](O)C[C@]4(C)C3CC[C@@]21C. The number of aliphatic hydroxyl groups excluding tert-OH is 4. The van der Waals surface area contributed by atoms with Crippen molar-refractivity contribution >= 4 is 5.97 Å². The molecule has 1 saturated heterocycles. The Morgan fingerprint density at radius 3 is 2.20 bits per heavy atom. The lowest BCUT2D eigenvalue weighted by Crippen LogP contribution is -2.55. The lowest BCUT2D eigenvalue weighted by atomic mass is 9.48. The molecule has 0 amide bonds. The van der Waals surface area contributed by atoms with Gasteiger partial charge in [-0.3, -0.25) is 4.79 Å². The molecule has 0 spiro atoms. The first-order valence-corrected chi connectivity index (χ1v) is 14.4. The average molecular weight is 493 g/mol. The van der Waals surface area contributed by atoms with Crippen molar-refractivity contribution in [2.45, 2.75) is 110 Å². The van der Waals surface area contributed by atoms with E-state index < -0.39 is 24.4 Å². The molecule has 6 heteroatoms. The lowest BCUT2D eigenvalue weighted by Gasteiger charge is -2.56. The number of hydrogen-bond donors (Lipinski definition) is 4. The molecule has 4 unspecified atom stereocenters. The van der Waals surface area contributed by atoms with E-state index >= 15 is 0 Å². The normalized spacial score (nSPS) is 49.4. The monoisotopic (exact) mass is 492 g/mol. The number of rotatable bonds is 5. The van der Waals surface area contributed by atoms with Gasteiger partial charge in [-0.25, -0.2) is 0 Å². The maximum atomic E-state index is 13.0. The predicted octanol–water partition coefficient (Wildman–Crippen LogP) is 3.53. The minimum absolute atomic E-state index is 0.0161. The molecule has 35 heavy (non-hydrogen) atoms. The van der Waals surface area contributed by atoms with E-state index in [9.17, 15) is 25.2 Å². The van der Waals surface area contributed by atoms with Crippen molar-refractivity contribution in [3.05, 3.63) is 0 Å². The summed E-state index contributed by atoms with van der Waals surface area (Å²) in [4.78, 5) is 13.0. The van der Waals surface area contributed by atoms with E-state index in [1.165, 1.54) is 6.42 Å². The molecule has 4 N–H and O–H groups in total. The standard InChI is InChI=1S/C29H48O6/c1-15(17-6-5-7-17)25(32)26(33)16(2)19-8-9-20-18-14-35-27(34)22-12-23(30)24(31)13-29(22,4)21(18)10-11-28(19,20)3/h15-26,30-33H,5-14H2,1-4H3/t15-,16-,18?,19+,20?,21?,22?,23-,24+,25+,26+,28+,29+/m0/s1. The van der Waals surface area contributed by atoms with Crippen molar-refractivity contribution in [1.29, 1.82) is 0 Å². The van der Waals surface area contributed by atoms with Crippen molar-refractivity contribution in [2.75, 3.05) is 6.61 Å². The Morgan fingerprint density at radius 1 is 0.886 bits per heavy atom. The van der Waals surface area contributed by atoms with E-state index in [1.54, 1.807) is 0 Å². The molecule has 200 valence electrons. The average Bonchev–Trinajstić information content (AvgIpc) is 3.09. The van der Waals surface area contributed by atoms with Gasteiger partial charge < -0.3 is 25.2 Å². The molecule has 5 rings (SSSR count). The molecule has 0 aromatic rings. The first-order chi connectivity index (χ1) is 16.5. The number of cyclic esters (lactones) is 1. The van der Waals surface area contributed by atoms with Crippen LogP contribution in [0, 0.1) is 58.2 Å². The molecule has 4 saturated carbocycles. The van der Waals surface area contributed by atoms with Crippen LogP contribution in [0.15, 0.2) is 0 Å². The van der Waals surface area contributed by atoms with Gasteiger partial charge in [-0.2, -0.15) is 0 Å². The van der Waals surface area contributed by atoms with Gasteiger partial charge in [-0.15, -0.1) is 0 Å². The number of fused-ring (bicyclic) bond motifs is 5. The first-order valence-electron chi connectivity index (χ1n) is 14.4. The number of esters is 1. The van der Waals surface area contributed by atoms with E-state index in [0.29, 0.717) is 30.8 Å². The summed E-state index contributed by atoms with van der Waals surface area (Å²) in [7, 11) is 0. The van der Waals surface area contributed by atoms with Crippen molar-refractivity contribution in [2.24, 2.45) is 58.2 Å². The summed E-state index contributed by atoms with van der Waals surface area (Å²) in [6, 6.07) is 0. The summed E-state index contributed by atoms with van der Waals surface area (Å²) in [5.74, 6) is 1.36. The zero-order valence-electron chi connectivity index (χ0n) is 22.1. The van der Waals surface area contributed by atoms with E-state index in [0.717, 1.165) is 38.5 Å². The van der Waals surface area contributed by atoms with Gasteiger partial charge in [0.2, 0.25) is 0 Å².